The second-order valence-corrected chi connectivity index (χ2v) is 8.98. The first-order valence-electron chi connectivity index (χ1n) is 8.55. The third kappa shape index (κ3) is 3.10. The lowest BCUT2D eigenvalue weighted by molar-refractivity contribution is -0.118. The van der Waals surface area contributed by atoms with E-state index in [1.165, 1.54) is 12.1 Å². The van der Waals surface area contributed by atoms with Crippen molar-refractivity contribution in [1.82, 2.24) is 4.72 Å². The first-order chi connectivity index (χ1) is 11.9. The van der Waals surface area contributed by atoms with Crippen molar-refractivity contribution in [2.45, 2.75) is 37.4 Å². The van der Waals surface area contributed by atoms with Gasteiger partial charge in [-0.3, -0.25) is 9.59 Å². The van der Waals surface area contributed by atoms with Gasteiger partial charge < -0.3 is 10.1 Å². The number of anilines is 1. The molecule has 1 aromatic carbocycles. The maximum Gasteiger partial charge on any atom is 0.264 e. The first kappa shape index (κ1) is 16.4. The summed E-state index contributed by atoms with van der Waals surface area (Å²) in [6.07, 6.45) is 4.67. The molecule has 1 heterocycles. The Morgan fingerprint density at radius 2 is 1.96 bits per heavy atom. The Morgan fingerprint density at radius 3 is 2.64 bits per heavy atom. The summed E-state index contributed by atoms with van der Waals surface area (Å²) in [7, 11) is -3.71. The van der Waals surface area contributed by atoms with E-state index >= 15 is 0 Å². The summed E-state index contributed by atoms with van der Waals surface area (Å²) in [5.74, 6) is 0.0767. The van der Waals surface area contributed by atoms with Crippen molar-refractivity contribution in [1.29, 1.82) is 0 Å². The van der Waals surface area contributed by atoms with Crippen LogP contribution in [0.2, 0.25) is 0 Å². The summed E-state index contributed by atoms with van der Waals surface area (Å²) in [5.41, 5.74) is 0.548. The van der Waals surface area contributed by atoms with E-state index in [9.17, 15) is 18.0 Å². The van der Waals surface area contributed by atoms with E-state index < -0.39 is 21.2 Å². The largest absolute Gasteiger partial charge is 0.482 e. The number of hydrogen-bond acceptors (Lipinski definition) is 5. The van der Waals surface area contributed by atoms with Gasteiger partial charge in [0.05, 0.1) is 10.9 Å². The second-order valence-electron chi connectivity index (χ2n) is 7.08. The average Bonchev–Trinajstić information content (AvgIpc) is 2.61. The molecule has 1 atom stereocenters. The van der Waals surface area contributed by atoms with E-state index in [-0.39, 0.29) is 24.0 Å². The van der Waals surface area contributed by atoms with Crippen LogP contribution in [0.1, 0.15) is 42.5 Å². The van der Waals surface area contributed by atoms with Gasteiger partial charge in [-0.15, -0.1) is 0 Å². The summed E-state index contributed by atoms with van der Waals surface area (Å²) in [6.45, 7) is -0.0723. The molecule has 2 amide bonds. The van der Waals surface area contributed by atoms with Gasteiger partial charge >= 0.3 is 0 Å². The van der Waals surface area contributed by atoms with Gasteiger partial charge in [-0.1, -0.05) is 12.8 Å². The molecule has 25 heavy (non-hydrogen) atoms. The van der Waals surface area contributed by atoms with Crippen molar-refractivity contribution in [3.8, 4) is 5.75 Å². The molecule has 7 nitrogen and oxygen atoms in total. The predicted molar refractivity (Wildman–Crippen MR) is 90.8 cm³/mol. The lowest BCUT2D eigenvalue weighted by atomic mass is 9.70. The molecule has 1 aromatic rings. The van der Waals surface area contributed by atoms with Crippen molar-refractivity contribution >= 4 is 27.5 Å². The fourth-order valence-electron chi connectivity index (χ4n) is 4.18. The highest BCUT2D eigenvalue weighted by molar-refractivity contribution is 7.90. The Bertz CT molecular complexity index is 827. The Morgan fingerprint density at radius 1 is 1.20 bits per heavy atom. The van der Waals surface area contributed by atoms with Gasteiger partial charge in [0.15, 0.2) is 6.61 Å². The van der Waals surface area contributed by atoms with E-state index in [4.69, 9.17) is 4.74 Å². The molecular weight excluding hydrogens is 344 g/mol. The van der Waals surface area contributed by atoms with Gasteiger partial charge in [-0.05, 0) is 49.3 Å². The number of carbonyl (C=O) groups is 2. The van der Waals surface area contributed by atoms with Gasteiger partial charge in [0.2, 0.25) is 10.0 Å². The quantitative estimate of drug-likeness (QED) is 0.849. The summed E-state index contributed by atoms with van der Waals surface area (Å²) in [4.78, 5) is 23.8. The molecule has 0 radical (unpaired) electrons. The third-order valence-corrected chi connectivity index (χ3v) is 7.34. The van der Waals surface area contributed by atoms with Crippen LogP contribution in [-0.4, -0.2) is 32.1 Å². The standard InChI is InChI=1S/C17H20N2O5S/c20-16-9-24-14-6-5-12(8-13(14)18-16)17(21)19-25(22,23)15-7-10-1-3-11(15)4-2-10/h5-6,8,10-11,15H,1-4,7,9H2,(H,18,20)(H,19,21). The molecule has 134 valence electrons. The maximum absolute atomic E-state index is 12.7. The third-order valence-electron chi connectivity index (χ3n) is 5.49. The topological polar surface area (TPSA) is 102 Å². The van der Waals surface area contributed by atoms with Crippen molar-refractivity contribution in [3.63, 3.8) is 0 Å². The zero-order chi connectivity index (χ0) is 17.6. The molecule has 1 unspecified atom stereocenters. The van der Waals surface area contributed by atoms with Crippen LogP contribution in [0.15, 0.2) is 18.2 Å². The Balaban J connectivity index is 1.52. The maximum atomic E-state index is 12.7. The van der Waals surface area contributed by atoms with E-state index in [2.05, 4.69) is 10.0 Å². The number of fused-ring (bicyclic) bond motifs is 4. The van der Waals surface area contributed by atoms with Crippen LogP contribution in [0.3, 0.4) is 0 Å². The summed E-state index contributed by atoms with van der Waals surface area (Å²) >= 11 is 0. The smallest absolute Gasteiger partial charge is 0.264 e. The molecule has 4 aliphatic rings. The van der Waals surface area contributed by atoms with Crippen molar-refractivity contribution < 1.29 is 22.7 Å². The van der Waals surface area contributed by atoms with Crippen LogP contribution in [0.5, 0.6) is 5.75 Å². The van der Waals surface area contributed by atoms with Gasteiger partial charge in [0.25, 0.3) is 11.8 Å². The molecule has 1 aliphatic heterocycles. The molecule has 0 saturated heterocycles. The number of benzene rings is 1. The summed E-state index contributed by atoms with van der Waals surface area (Å²) < 4.78 is 32.8. The number of ether oxygens (including phenoxy) is 1. The van der Waals surface area contributed by atoms with Crippen LogP contribution >= 0.6 is 0 Å². The number of sulfonamides is 1. The minimum atomic E-state index is -3.71. The minimum Gasteiger partial charge on any atom is -0.482 e. The molecule has 8 heteroatoms. The lowest BCUT2D eigenvalue weighted by Gasteiger charge is -2.41. The van der Waals surface area contributed by atoms with Gasteiger partial charge in [-0.2, -0.15) is 0 Å². The first-order valence-corrected chi connectivity index (χ1v) is 10.1. The molecule has 0 spiro atoms. The molecule has 5 rings (SSSR count). The number of hydrogen-bond donors (Lipinski definition) is 2. The highest BCUT2D eigenvalue weighted by atomic mass is 32.2. The summed E-state index contributed by atoms with van der Waals surface area (Å²) in [5, 5.41) is 2.13. The molecule has 3 saturated carbocycles. The number of nitrogens with one attached hydrogen (secondary N) is 2. The molecular formula is C17H20N2O5S. The number of carbonyl (C=O) groups excluding carboxylic acids is 2. The van der Waals surface area contributed by atoms with Crippen LogP contribution in [0, 0.1) is 11.8 Å². The lowest BCUT2D eigenvalue weighted by Crippen LogP contribution is -2.47. The van der Waals surface area contributed by atoms with Gasteiger partial charge in [-0.25, -0.2) is 13.1 Å². The van der Waals surface area contributed by atoms with Crippen LogP contribution in [0.25, 0.3) is 0 Å². The molecule has 0 aromatic heterocycles. The van der Waals surface area contributed by atoms with Crippen molar-refractivity contribution in [2.75, 3.05) is 11.9 Å². The summed E-state index contributed by atoms with van der Waals surface area (Å²) in [6, 6.07) is 4.48. The fourth-order valence-corrected chi connectivity index (χ4v) is 6.02. The second kappa shape index (κ2) is 6.01. The van der Waals surface area contributed by atoms with E-state index in [0.29, 0.717) is 23.8 Å². The molecule has 2 N–H and O–H groups in total. The zero-order valence-corrected chi connectivity index (χ0v) is 14.5. The fraction of sp³-hybridized carbons (Fsp3) is 0.529. The van der Waals surface area contributed by atoms with E-state index in [1.807, 2.05) is 0 Å². The molecule has 3 aliphatic carbocycles. The monoisotopic (exact) mass is 364 g/mol. The normalized spacial score (nSPS) is 27.8. The van der Waals surface area contributed by atoms with Crippen LogP contribution < -0.4 is 14.8 Å². The van der Waals surface area contributed by atoms with Gasteiger partial charge in [0, 0.05) is 5.56 Å². The van der Waals surface area contributed by atoms with Gasteiger partial charge in [0.1, 0.15) is 5.75 Å². The van der Waals surface area contributed by atoms with Crippen molar-refractivity contribution in [2.24, 2.45) is 11.8 Å². The average molecular weight is 364 g/mol. The van der Waals surface area contributed by atoms with E-state index in [0.717, 1.165) is 25.7 Å². The SMILES string of the molecule is O=C1COc2ccc(C(=O)NS(=O)(=O)C3CC4CCC3CC4)cc2N1. The zero-order valence-electron chi connectivity index (χ0n) is 13.7. The predicted octanol–water partition coefficient (Wildman–Crippen LogP) is 1.66. The number of rotatable bonds is 3. The molecule has 3 fully saturated rings. The van der Waals surface area contributed by atoms with Crippen LogP contribution in [0.4, 0.5) is 5.69 Å². The number of amides is 2. The Kier molecular flexibility index (Phi) is 3.94. The van der Waals surface area contributed by atoms with Crippen molar-refractivity contribution in [3.05, 3.63) is 23.8 Å². The Labute approximate surface area is 146 Å². The molecule has 2 bridgehead atoms. The van der Waals surface area contributed by atoms with Crippen LogP contribution in [-0.2, 0) is 14.8 Å². The van der Waals surface area contributed by atoms with E-state index in [1.54, 1.807) is 6.07 Å². The Hall–Kier alpha value is -2.09. The highest BCUT2D eigenvalue weighted by Gasteiger charge is 2.43. The highest BCUT2D eigenvalue weighted by Crippen LogP contribution is 2.44. The minimum absolute atomic E-state index is 0.0723.